The molecule has 0 spiro atoms. The average molecular weight is 203 g/mol. The SMILES string of the molecule is O=C(O)C1CC2OC2C1C=CCCl. The first-order valence-electron chi connectivity index (χ1n) is 4.35. The Morgan fingerprint density at radius 2 is 2.46 bits per heavy atom. The van der Waals surface area contributed by atoms with Crippen molar-refractivity contribution in [2.24, 2.45) is 11.8 Å². The molecule has 72 valence electrons. The van der Waals surface area contributed by atoms with Crippen molar-refractivity contribution < 1.29 is 14.6 Å². The largest absolute Gasteiger partial charge is 0.481 e. The smallest absolute Gasteiger partial charge is 0.307 e. The number of ether oxygens (including phenoxy) is 1. The third kappa shape index (κ3) is 1.58. The Morgan fingerprint density at radius 1 is 1.69 bits per heavy atom. The number of allylic oxidation sites excluding steroid dienone is 1. The number of fused-ring (bicyclic) bond motifs is 1. The van der Waals surface area contributed by atoms with Crippen LogP contribution in [0.5, 0.6) is 0 Å². The van der Waals surface area contributed by atoms with Gasteiger partial charge in [0.2, 0.25) is 0 Å². The number of halogens is 1. The van der Waals surface area contributed by atoms with Crippen molar-refractivity contribution in [2.75, 3.05) is 5.88 Å². The molecule has 2 aliphatic rings. The standard InChI is InChI=1S/C9H11ClO3/c10-3-1-2-5-6(9(11)12)4-7-8(5)13-7/h1-2,5-8H,3-4H2,(H,11,12). The maximum Gasteiger partial charge on any atom is 0.307 e. The van der Waals surface area contributed by atoms with Crippen LogP contribution in [0.25, 0.3) is 0 Å². The van der Waals surface area contributed by atoms with Gasteiger partial charge >= 0.3 is 5.97 Å². The number of epoxide rings is 1. The summed E-state index contributed by atoms with van der Waals surface area (Å²) in [5.74, 6) is -0.537. The van der Waals surface area contributed by atoms with Gasteiger partial charge in [0, 0.05) is 11.8 Å². The fraction of sp³-hybridized carbons (Fsp3) is 0.667. The maximum absolute atomic E-state index is 10.8. The summed E-state index contributed by atoms with van der Waals surface area (Å²) in [4.78, 5) is 10.8. The molecule has 4 atom stereocenters. The molecule has 1 saturated heterocycles. The van der Waals surface area contributed by atoms with Crippen molar-refractivity contribution in [1.82, 2.24) is 0 Å². The lowest BCUT2D eigenvalue weighted by Crippen LogP contribution is -2.21. The molecule has 2 fully saturated rings. The van der Waals surface area contributed by atoms with Gasteiger partial charge in [0.25, 0.3) is 0 Å². The number of alkyl halides is 1. The molecule has 3 nitrogen and oxygen atoms in total. The number of carboxylic acid groups (broad SMARTS) is 1. The number of carbonyl (C=O) groups is 1. The molecule has 0 aromatic heterocycles. The van der Waals surface area contributed by atoms with Crippen molar-refractivity contribution >= 4 is 17.6 Å². The Kier molecular flexibility index (Phi) is 2.30. The number of rotatable bonds is 3. The molecular formula is C9H11ClO3. The topological polar surface area (TPSA) is 49.8 Å². The van der Waals surface area contributed by atoms with Gasteiger partial charge in [0.15, 0.2) is 0 Å². The maximum atomic E-state index is 10.8. The minimum absolute atomic E-state index is 0.0289. The lowest BCUT2D eigenvalue weighted by atomic mass is 9.95. The van der Waals surface area contributed by atoms with Crippen molar-refractivity contribution in [3.63, 3.8) is 0 Å². The van der Waals surface area contributed by atoms with E-state index in [0.717, 1.165) is 0 Å². The van der Waals surface area contributed by atoms with Gasteiger partial charge in [0.05, 0.1) is 18.1 Å². The molecule has 0 bridgehead atoms. The molecule has 0 radical (unpaired) electrons. The van der Waals surface area contributed by atoms with Gasteiger partial charge in [-0.2, -0.15) is 0 Å². The molecule has 4 heteroatoms. The van der Waals surface area contributed by atoms with Gasteiger partial charge in [-0.05, 0) is 6.42 Å². The van der Waals surface area contributed by atoms with E-state index in [4.69, 9.17) is 21.4 Å². The van der Waals surface area contributed by atoms with E-state index >= 15 is 0 Å². The Bertz CT molecular complexity index is 251. The Hall–Kier alpha value is -0.540. The molecule has 1 aliphatic carbocycles. The fourth-order valence-electron chi connectivity index (χ4n) is 2.04. The van der Waals surface area contributed by atoms with Gasteiger partial charge in [-0.3, -0.25) is 4.79 Å². The van der Waals surface area contributed by atoms with Crippen LogP contribution in [0.3, 0.4) is 0 Å². The van der Waals surface area contributed by atoms with E-state index in [0.29, 0.717) is 12.3 Å². The third-order valence-electron chi connectivity index (χ3n) is 2.72. The Morgan fingerprint density at radius 3 is 3.08 bits per heavy atom. The lowest BCUT2D eigenvalue weighted by molar-refractivity contribution is -0.143. The predicted molar refractivity (Wildman–Crippen MR) is 47.8 cm³/mol. The molecular weight excluding hydrogens is 192 g/mol. The van der Waals surface area contributed by atoms with E-state index in [1.807, 2.05) is 6.08 Å². The highest BCUT2D eigenvalue weighted by Crippen LogP contribution is 2.47. The van der Waals surface area contributed by atoms with Gasteiger partial charge in [-0.1, -0.05) is 12.2 Å². The molecule has 13 heavy (non-hydrogen) atoms. The molecule has 0 aromatic carbocycles. The molecule has 1 saturated carbocycles. The summed E-state index contributed by atoms with van der Waals surface area (Å²) in [5, 5.41) is 8.90. The molecule has 0 aromatic rings. The van der Waals surface area contributed by atoms with E-state index in [1.165, 1.54) is 0 Å². The Labute approximate surface area is 81.3 Å². The van der Waals surface area contributed by atoms with Crippen LogP contribution < -0.4 is 0 Å². The lowest BCUT2D eigenvalue weighted by Gasteiger charge is -2.13. The van der Waals surface area contributed by atoms with Crippen LogP contribution in [-0.2, 0) is 9.53 Å². The van der Waals surface area contributed by atoms with Crippen LogP contribution in [0, 0.1) is 11.8 Å². The predicted octanol–water partition coefficient (Wildman–Crippen LogP) is 1.27. The van der Waals surface area contributed by atoms with Crippen molar-refractivity contribution in [3.8, 4) is 0 Å². The first-order valence-corrected chi connectivity index (χ1v) is 4.88. The van der Waals surface area contributed by atoms with Gasteiger partial charge in [0.1, 0.15) is 0 Å². The van der Waals surface area contributed by atoms with Crippen LogP contribution in [-0.4, -0.2) is 29.2 Å². The van der Waals surface area contributed by atoms with E-state index < -0.39 is 5.97 Å². The van der Waals surface area contributed by atoms with Crippen molar-refractivity contribution in [3.05, 3.63) is 12.2 Å². The van der Waals surface area contributed by atoms with E-state index in [9.17, 15) is 4.79 Å². The monoisotopic (exact) mass is 202 g/mol. The van der Waals surface area contributed by atoms with Crippen LogP contribution >= 0.6 is 11.6 Å². The number of hydrogen-bond donors (Lipinski definition) is 1. The number of hydrogen-bond acceptors (Lipinski definition) is 2. The quantitative estimate of drug-likeness (QED) is 0.426. The average Bonchev–Trinajstić information content (AvgIpc) is 2.77. The third-order valence-corrected chi connectivity index (χ3v) is 2.89. The minimum atomic E-state index is -0.722. The number of carboxylic acids is 1. The number of aliphatic carboxylic acids is 1. The summed E-state index contributed by atoms with van der Waals surface area (Å²) in [6.45, 7) is 0. The summed E-state index contributed by atoms with van der Waals surface area (Å²) in [5.41, 5.74) is 0. The first-order chi connectivity index (χ1) is 6.24. The van der Waals surface area contributed by atoms with Crippen LogP contribution in [0.1, 0.15) is 6.42 Å². The summed E-state index contributed by atoms with van der Waals surface area (Å²) >= 11 is 5.49. The van der Waals surface area contributed by atoms with E-state index in [-0.39, 0.29) is 24.0 Å². The van der Waals surface area contributed by atoms with E-state index in [2.05, 4.69) is 0 Å². The van der Waals surface area contributed by atoms with Crippen LogP contribution in [0.4, 0.5) is 0 Å². The first kappa shape index (κ1) is 9.03. The van der Waals surface area contributed by atoms with Gasteiger partial charge < -0.3 is 9.84 Å². The van der Waals surface area contributed by atoms with Crippen molar-refractivity contribution in [1.29, 1.82) is 0 Å². The summed E-state index contributed by atoms with van der Waals surface area (Å²) in [6, 6.07) is 0. The Balaban J connectivity index is 2.04. The second-order valence-electron chi connectivity index (χ2n) is 3.48. The second kappa shape index (κ2) is 3.31. The van der Waals surface area contributed by atoms with Crippen LogP contribution in [0.2, 0.25) is 0 Å². The molecule has 1 N–H and O–H groups in total. The highest BCUT2D eigenvalue weighted by atomic mass is 35.5. The molecule has 0 amide bonds. The summed E-state index contributed by atoms with van der Waals surface area (Å²) < 4.78 is 5.29. The highest BCUT2D eigenvalue weighted by Gasteiger charge is 2.56. The second-order valence-corrected chi connectivity index (χ2v) is 3.79. The fourth-order valence-corrected chi connectivity index (χ4v) is 2.14. The minimum Gasteiger partial charge on any atom is -0.481 e. The summed E-state index contributed by atoms with van der Waals surface area (Å²) in [6.07, 6.45) is 4.65. The van der Waals surface area contributed by atoms with Crippen molar-refractivity contribution in [2.45, 2.75) is 18.6 Å². The zero-order valence-electron chi connectivity index (χ0n) is 7.02. The molecule has 2 rings (SSSR count). The highest BCUT2D eigenvalue weighted by molar-refractivity contribution is 6.18. The summed E-state index contributed by atoms with van der Waals surface area (Å²) in [7, 11) is 0. The zero-order valence-corrected chi connectivity index (χ0v) is 7.78. The molecule has 4 unspecified atom stereocenters. The van der Waals surface area contributed by atoms with Crippen LogP contribution in [0.15, 0.2) is 12.2 Å². The molecule has 1 aliphatic heterocycles. The van der Waals surface area contributed by atoms with Gasteiger partial charge in [-0.25, -0.2) is 0 Å². The van der Waals surface area contributed by atoms with Gasteiger partial charge in [-0.15, -0.1) is 11.6 Å². The zero-order chi connectivity index (χ0) is 9.42. The molecule has 1 heterocycles. The van der Waals surface area contributed by atoms with E-state index in [1.54, 1.807) is 6.08 Å². The normalized spacial score (nSPS) is 42.2.